The van der Waals surface area contributed by atoms with Crippen LogP contribution in [0.2, 0.25) is 5.02 Å². The summed E-state index contributed by atoms with van der Waals surface area (Å²) in [6.45, 7) is 3.52. The van der Waals surface area contributed by atoms with Gasteiger partial charge in [0.1, 0.15) is 0 Å². The van der Waals surface area contributed by atoms with E-state index in [9.17, 15) is 13.2 Å². The van der Waals surface area contributed by atoms with Crippen LogP contribution in [0.1, 0.15) is 38.2 Å². The highest BCUT2D eigenvalue weighted by atomic mass is 35.5. The number of anilines is 1. The van der Waals surface area contributed by atoms with Gasteiger partial charge in [-0.3, -0.25) is 0 Å². The van der Waals surface area contributed by atoms with Gasteiger partial charge in [0.15, 0.2) is 0 Å². The topological polar surface area (TPSA) is 29.3 Å². The van der Waals surface area contributed by atoms with E-state index in [-0.39, 0.29) is 11.1 Å². The Bertz CT molecular complexity index is 505. The molecule has 2 atom stereocenters. The van der Waals surface area contributed by atoms with Gasteiger partial charge in [-0.15, -0.1) is 0 Å². The third-order valence-electron chi connectivity index (χ3n) is 4.34. The van der Waals surface area contributed by atoms with Crippen molar-refractivity contribution in [2.24, 2.45) is 11.7 Å². The van der Waals surface area contributed by atoms with Crippen LogP contribution in [0, 0.1) is 5.92 Å². The molecule has 124 valence electrons. The monoisotopic (exact) mass is 334 g/mol. The minimum Gasteiger partial charge on any atom is -0.371 e. The lowest BCUT2D eigenvalue weighted by Crippen LogP contribution is -2.47. The molecule has 0 spiro atoms. The molecule has 1 aromatic carbocycles. The van der Waals surface area contributed by atoms with Crippen molar-refractivity contribution in [3.05, 3.63) is 28.8 Å². The Morgan fingerprint density at radius 2 is 2.09 bits per heavy atom. The van der Waals surface area contributed by atoms with Gasteiger partial charge in [0.2, 0.25) is 0 Å². The lowest BCUT2D eigenvalue weighted by Gasteiger charge is -2.38. The smallest absolute Gasteiger partial charge is 0.371 e. The number of rotatable bonds is 4. The van der Waals surface area contributed by atoms with E-state index in [0.29, 0.717) is 24.7 Å². The SMILES string of the molecule is CCCCC1CN(c2ccc(Cl)c(C(F)(F)F)c2)CCC1N. The molecule has 1 aromatic rings. The number of hydrogen-bond donors (Lipinski definition) is 1. The largest absolute Gasteiger partial charge is 0.417 e. The Labute approximate surface area is 134 Å². The van der Waals surface area contributed by atoms with E-state index in [4.69, 9.17) is 17.3 Å². The molecular formula is C16H22ClF3N2. The number of piperidine rings is 1. The Hall–Kier alpha value is -0.940. The fourth-order valence-corrected chi connectivity index (χ4v) is 3.21. The predicted octanol–water partition coefficient (Wildman–Crippen LogP) is 4.70. The predicted molar refractivity (Wildman–Crippen MR) is 84.3 cm³/mol. The summed E-state index contributed by atoms with van der Waals surface area (Å²) in [6.07, 6.45) is -0.407. The number of benzene rings is 1. The molecule has 0 saturated carbocycles. The van der Waals surface area contributed by atoms with Crippen LogP contribution in [-0.2, 0) is 6.18 Å². The van der Waals surface area contributed by atoms with E-state index >= 15 is 0 Å². The molecular weight excluding hydrogens is 313 g/mol. The fourth-order valence-electron chi connectivity index (χ4n) is 2.98. The quantitative estimate of drug-likeness (QED) is 0.864. The normalized spacial score (nSPS) is 22.9. The minimum absolute atomic E-state index is 0.136. The van der Waals surface area contributed by atoms with Crippen molar-refractivity contribution < 1.29 is 13.2 Å². The third-order valence-corrected chi connectivity index (χ3v) is 4.67. The highest BCUT2D eigenvalue weighted by Gasteiger charge is 2.34. The summed E-state index contributed by atoms with van der Waals surface area (Å²) in [5.74, 6) is 0.332. The molecule has 2 N–H and O–H groups in total. The number of hydrogen-bond acceptors (Lipinski definition) is 2. The summed E-state index contributed by atoms with van der Waals surface area (Å²) in [4.78, 5) is 2.00. The first-order chi connectivity index (χ1) is 10.3. The summed E-state index contributed by atoms with van der Waals surface area (Å²) in [5, 5.41) is -0.257. The maximum Gasteiger partial charge on any atom is 0.417 e. The number of nitrogens with zero attached hydrogens (tertiary/aromatic N) is 1. The highest BCUT2D eigenvalue weighted by Crippen LogP contribution is 2.37. The van der Waals surface area contributed by atoms with E-state index in [1.807, 2.05) is 4.90 Å². The summed E-state index contributed by atoms with van der Waals surface area (Å²) in [7, 11) is 0. The third kappa shape index (κ3) is 4.07. The highest BCUT2D eigenvalue weighted by molar-refractivity contribution is 6.31. The Kier molecular flexibility index (Phi) is 5.61. The first kappa shape index (κ1) is 17.4. The summed E-state index contributed by atoms with van der Waals surface area (Å²) < 4.78 is 38.9. The van der Waals surface area contributed by atoms with Crippen molar-refractivity contribution in [1.82, 2.24) is 0 Å². The number of alkyl halides is 3. The van der Waals surface area contributed by atoms with Gasteiger partial charge in [-0.05, 0) is 37.0 Å². The van der Waals surface area contributed by atoms with Crippen LogP contribution < -0.4 is 10.6 Å². The molecule has 1 aliphatic heterocycles. The molecule has 0 aliphatic carbocycles. The second kappa shape index (κ2) is 7.09. The van der Waals surface area contributed by atoms with Gasteiger partial charge < -0.3 is 10.6 Å². The molecule has 0 bridgehead atoms. The average molecular weight is 335 g/mol. The Morgan fingerprint density at radius 3 is 2.73 bits per heavy atom. The van der Waals surface area contributed by atoms with Gasteiger partial charge in [-0.1, -0.05) is 31.4 Å². The minimum atomic E-state index is -4.43. The lowest BCUT2D eigenvalue weighted by atomic mass is 9.88. The molecule has 1 aliphatic rings. The number of nitrogens with two attached hydrogens (primary N) is 1. The van der Waals surface area contributed by atoms with Gasteiger partial charge in [-0.25, -0.2) is 0 Å². The van der Waals surface area contributed by atoms with Gasteiger partial charge in [0, 0.05) is 24.8 Å². The molecule has 22 heavy (non-hydrogen) atoms. The van der Waals surface area contributed by atoms with Crippen LogP contribution in [0.3, 0.4) is 0 Å². The van der Waals surface area contributed by atoms with E-state index in [1.165, 1.54) is 6.07 Å². The Balaban J connectivity index is 2.17. The van der Waals surface area contributed by atoms with Gasteiger partial charge >= 0.3 is 6.18 Å². The zero-order valence-corrected chi connectivity index (χ0v) is 13.4. The summed E-state index contributed by atoms with van der Waals surface area (Å²) in [5.41, 5.74) is 5.96. The van der Waals surface area contributed by atoms with Gasteiger partial charge in [-0.2, -0.15) is 13.2 Å². The fraction of sp³-hybridized carbons (Fsp3) is 0.625. The molecule has 1 heterocycles. The van der Waals surface area contributed by atoms with Crippen LogP contribution in [0.4, 0.5) is 18.9 Å². The molecule has 6 heteroatoms. The average Bonchev–Trinajstić information content (AvgIpc) is 2.46. The number of halogens is 4. The van der Waals surface area contributed by atoms with Crippen molar-refractivity contribution >= 4 is 17.3 Å². The number of unbranched alkanes of at least 4 members (excludes halogenated alkanes) is 1. The molecule has 1 fully saturated rings. The van der Waals surface area contributed by atoms with Crippen LogP contribution in [0.5, 0.6) is 0 Å². The van der Waals surface area contributed by atoms with Gasteiger partial charge in [0.05, 0.1) is 10.6 Å². The van der Waals surface area contributed by atoms with Crippen molar-refractivity contribution in [3.8, 4) is 0 Å². The van der Waals surface area contributed by atoms with Crippen molar-refractivity contribution in [2.75, 3.05) is 18.0 Å². The summed E-state index contributed by atoms with van der Waals surface area (Å²) >= 11 is 5.68. The van der Waals surface area contributed by atoms with Crippen LogP contribution >= 0.6 is 11.6 Å². The first-order valence-electron chi connectivity index (χ1n) is 7.70. The molecule has 2 rings (SSSR count). The van der Waals surface area contributed by atoms with Crippen molar-refractivity contribution in [1.29, 1.82) is 0 Å². The second-order valence-electron chi connectivity index (χ2n) is 5.96. The molecule has 2 unspecified atom stereocenters. The van der Waals surface area contributed by atoms with E-state index < -0.39 is 11.7 Å². The molecule has 0 amide bonds. The first-order valence-corrected chi connectivity index (χ1v) is 8.08. The molecule has 2 nitrogen and oxygen atoms in total. The lowest BCUT2D eigenvalue weighted by molar-refractivity contribution is -0.137. The van der Waals surface area contributed by atoms with Crippen LogP contribution in [0.25, 0.3) is 0 Å². The molecule has 0 radical (unpaired) electrons. The second-order valence-corrected chi connectivity index (χ2v) is 6.37. The standard InChI is InChI=1S/C16H22ClF3N2/c1-2-3-4-11-10-22(8-7-15(11)21)12-5-6-14(17)13(9-12)16(18,19)20/h5-6,9,11,15H,2-4,7-8,10,21H2,1H3. The van der Waals surface area contributed by atoms with E-state index in [0.717, 1.165) is 31.7 Å². The van der Waals surface area contributed by atoms with Gasteiger partial charge in [0.25, 0.3) is 0 Å². The maximum absolute atomic E-state index is 13.0. The zero-order chi connectivity index (χ0) is 16.3. The van der Waals surface area contributed by atoms with Crippen LogP contribution in [0.15, 0.2) is 18.2 Å². The van der Waals surface area contributed by atoms with E-state index in [1.54, 1.807) is 6.07 Å². The molecule has 0 aromatic heterocycles. The Morgan fingerprint density at radius 1 is 1.36 bits per heavy atom. The van der Waals surface area contributed by atoms with Crippen molar-refractivity contribution in [2.45, 2.75) is 44.8 Å². The zero-order valence-electron chi connectivity index (χ0n) is 12.7. The van der Waals surface area contributed by atoms with E-state index in [2.05, 4.69) is 6.92 Å². The van der Waals surface area contributed by atoms with Crippen LogP contribution in [-0.4, -0.2) is 19.1 Å². The maximum atomic E-state index is 13.0. The molecule has 1 saturated heterocycles. The summed E-state index contributed by atoms with van der Waals surface area (Å²) in [6, 6.07) is 4.27. The van der Waals surface area contributed by atoms with Crippen molar-refractivity contribution in [3.63, 3.8) is 0 Å².